The van der Waals surface area contributed by atoms with Gasteiger partial charge in [-0.25, -0.2) is 4.98 Å². The molecule has 0 fully saturated rings. The van der Waals surface area contributed by atoms with Gasteiger partial charge in [-0.05, 0) is 42.2 Å². The molecule has 0 spiro atoms. The normalized spacial score (nSPS) is 11.1. The number of hydrogen-bond donors (Lipinski definition) is 1. The average molecular weight is 335 g/mol. The fraction of sp³-hybridized carbons (Fsp3) is 0.190. The summed E-state index contributed by atoms with van der Waals surface area (Å²) < 4.78 is 11.2. The number of ether oxygens (including phenoxy) is 1. The van der Waals surface area contributed by atoms with Crippen molar-refractivity contribution in [2.24, 2.45) is 0 Å². The second-order valence-electron chi connectivity index (χ2n) is 5.68. The number of hydrogen-bond acceptors (Lipinski definition) is 4. The van der Waals surface area contributed by atoms with Crippen molar-refractivity contribution in [3.8, 4) is 5.75 Å². The van der Waals surface area contributed by atoms with Crippen LogP contribution in [0, 0.1) is 0 Å². The van der Waals surface area contributed by atoms with E-state index in [2.05, 4.69) is 4.98 Å². The van der Waals surface area contributed by atoms with Crippen molar-refractivity contribution in [2.75, 3.05) is 6.61 Å². The van der Waals surface area contributed by atoms with Gasteiger partial charge in [-0.15, -0.1) is 0 Å². The predicted octanol–water partition coefficient (Wildman–Crippen LogP) is 4.35. The van der Waals surface area contributed by atoms with Gasteiger partial charge in [0.25, 0.3) is 0 Å². The largest absolute Gasteiger partial charge is 0.487 e. The first kappa shape index (κ1) is 17.0. The second kappa shape index (κ2) is 8.85. The number of aliphatic hydroxyl groups excluding tert-OH is 1. The molecule has 4 heteroatoms. The highest BCUT2D eigenvalue weighted by Crippen LogP contribution is 2.16. The molecule has 1 N–H and O–H groups in total. The molecule has 1 aromatic heterocycles. The van der Waals surface area contributed by atoms with E-state index in [1.165, 1.54) is 0 Å². The Morgan fingerprint density at radius 2 is 1.92 bits per heavy atom. The molecule has 2 aromatic carbocycles. The maximum atomic E-state index is 8.91. The van der Waals surface area contributed by atoms with Crippen LogP contribution in [0.4, 0.5) is 0 Å². The maximum absolute atomic E-state index is 8.91. The smallest absolute Gasteiger partial charge is 0.218 e. The summed E-state index contributed by atoms with van der Waals surface area (Å²) in [6.45, 7) is 0.551. The van der Waals surface area contributed by atoms with E-state index in [9.17, 15) is 0 Å². The molecule has 0 radical (unpaired) electrons. The van der Waals surface area contributed by atoms with Crippen molar-refractivity contribution in [2.45, 2.75) is 19.4 Å². The zero-order chi connectivity index (χ0) is 17.3. The van der Waals surface area contributed by atoms with Gasteiger partial charge in [0.2, 0.25) is 5.89 Å². The van der Waals surface area contributed by atoms with Crippen LogP contribution < -0.4 is 4.74 Å². The third kappa shape index (κ3) is 5.33. The SMILES string of the molecule is OCCCc1cccc(OCc2coc(C=Cc3ccccc3)n2)c1. The Hall–Kier alpha value is -2.85. The summed E-state index contributed by atoms with van der Waals surface area (Å²) in [5.74, 6) is 1.35. The summed E-state index contributed by atoms with van der Waals surface area (Å²) in [4.78, 5) is 4.40. The number of aliphatic hydroxyl groups is 1. The average Bonchev–Trinajstić information content (AvgIpc) is 3.12. The van der Waals surface area contributed by atoms with Gasteiger partial charge in [0.05, 0.1) is 0 Å². The lowest BCUT2D eigenvalue weighted by atomic mass is 10.1. The molecule has 0 aliphatic carbocycles. The van der Waals surface area contributed by atoms with Crippen LogP contribution in [0.5, 0.6) is 5.75 Å². The minimum absolute atomic E-state index is 0.198. The molecule has 4 nitrogen and oxygen atoms in total. The van der Waals surface area contributed by atoms with Crippen LogP contribution in [0.1, 0.15) is 29.1 Å². The van der Waals surface area contributed by atoms with Gasteiger partial charge in [0.15, 0.2) is 0 Å². The first-order valence-electron chi connectivity index (χ1n) is 8.33. The molecule has 3 rings (SSSR count). The topological polar surface area (TPSA) is 55.5 Å². The van der Waals surface area contributed by atoms with Crippen LogP contribution in [0.25, 0.3) is 12.2 Å². The number of aromatic nitrogens is 1. The van der Waals surface area contributed by atoms with Gasteiger partial charge >= 0.3 is 0 Å². The Balaban J connectivity index is 1.56. The molecule has 0 bridgehead atoms. The first-order valence-corrected chi connectivity index (χ1v) is 8.33. The van der Waals surface area contributed by atoms with Crippen LogP contribution in [-0.4, -0.2) is 16.7 Å². The van der Waals surface area contributed by atoms with Crippen LogP contribution >= 0.6 is 0 Å². The van der Waals surface area contributed by atoms with Crippen LogP contribution in [0.15, 0.2) is 65.3 Å². The fourth-order valence-corrected chi connectivity index (χ4v) is 2.43. The molecule has 128 valence electrons. The van der Waals surface area contributed by atoms with Crippen molar-refractivity contribution in [3.63, 3.8) is 0 Å². The first-order chi connectivity index (χ1) is 12.3. The van der Waals surface area contributed by atoms with E-state index in [0.29, 0.717) is 12.5 Å². The number of aryl methyl sites for hydroxylation is 1. The highest BCUT2D eigenvalue weighted by molar-refractivity contribution is 5.65. The number of benzene rings is 2. The standard InChI is InChI=1S/C21H21NO3/c23-13-5-9-18-8-4-10-20(14-18)24-15-19-16-25-21(22-19)12-11-17-6-2-1-3-7-17/h1-4,6-8,10-12,14,16,23H,5,9,13,15H2. The Labute approximate surface area is 147 Å². The lowest BCUT2D eigenvalue weighted by molar-refractivity contribution is 0.287. The van der Waals surface area contributed by atoms with E-state index in [4.69, 9.17) is 14.3 Å². The number of rotatable bonds is 8. The minimum atomic E-state index is 0.198. The summed E-state index contributed by atoms with van der Waals surface area (Å²) in [5.41, 5.74) is 2.99. The number of nitrogens with zero attached hydrogens (tertiary/aromatic N) is 1. The third-order valence-electron chi connectivity index (χ3n) is 3.70. The molecule has 0 unspecified atom stereocenters. The van der Waals surface area contributed by atoms with Gasteiger partial charge in [0, 0.05) is 12.7 Å². The van der Waals surface area contributed by atoms with E-state index >= 15 is 0 Å². The van der Waals surface area contributed by atoms with Gasteiger partial charge in [-0.3, -0.25) is 0 Å². The summed E-state index contributed by atoms with van der Waals surface area (Å²) >= 11 is 0. The lowest BCUT2D eigenvalue weighted by Crippen LogP contribution is -1.97. The second-order valence-corrected chi connectivity index (χ2v) is 5.68. The molecule has 0 aliphatic heterocycles. The summed E-state index contributed by atoms with van der Waals surface area (Å²) in [7, 11) is 0. The van der Waals surface area contributed by atoms with E-state index in [1.54, 1.807) is 6.26 Å². The van der Waals surface area contributed by atoms with Crippen molar-refractivity contribution < 1.29 is 14.3 Å². The van der Waals surface area contributed by atoms with Crippen molar-refractivity contribution in [3.05, 3.63) is 83.6 Å². The molecular formula is C21H21NO3. The molecular weight excluding hydrogens is 314 g/mol. The van der Waals surface area contributed by atoms with E-state index in [0.717, 1.165) is 35.4 Å². The molecule has 0 aliphatic rings. The van der Waals surface area contributed by atoms with E-state index < -0.39 is 0 Å². The quantitative estimate of drug-likeness (QED) is 0.665. The monoisotopic (exact) mass is 335 g/mol. The lowest BCUT2D eigenvalue weighted by Gasteiger charge is -2.06. The Kier molecular flexibility index (Phi) is 6.01. The van der Waals surface area contributed by atoms with E-state index in [-0.39, 0.29) is 6.61 Å². The molecule has 25 heavy (non-hydrogen) atoms. The Bertz CT molecular complexity index is 809. The fourth-order valence-electron chi connectivity index (χ4n) is 2.43. The highest BCUT2D eigenvalue weighted by atomic mass is 16.5. The Morgan fingerprint density at radius 3 is 2.76 bits per heavy atom. The van der Waals surface area contributed by atoms with Crippen LogP contribution in [-0.2, 0) is 13.0 Å². The van der Waals surface area contributed by atoms with Crippen LogP contribution in [0.3, 0.4) is 0 Å². The molecule has 0 amide bonds. The summed E-state index contributed by atoms with van der Waals surface area (Å²) in [5, 5.41) is 8.91. The van der Waals surface area contributed by atoms with Gasteiger partial charge in [0.1, 0.15) is 24.3 Å². The summed E-state index contributed by atoms with van der Waals surface area (Å²) in [6, 6.07) is 17.9. The number of oxazole rings is 1. The molecule has 0 saturated heterocycles. The summed E-state index contributed by atoms with van der Waals surface area (Å²) in [6.07, 6.45) is 7.01. The molecule has 0 saturated carbocycles. The van der Waals surface area contributed by atoms with Gasteiger partial charge < -0.3 is 14.3 Å². The Morgan fingerprint density at radius 1 is 1.04 bits per heavy atom. The minimum Gasteiger partial charge on any atom is -0.487 e. The van der Waals surface area contributed by atoms with Crippen molar-refractivity contribution in [1.82, 2.24) is 4.98 Å². The maximum Gasteiger partial charge on any atom is 0.218 e. The zero-order valence-corrected chi connectivity index (χ0v) is 14.0. The van der Waals surface area contributed by atoms with Crippen LogP contribution in [0.2, 0.25) is 0 Å². The highest BCUT2D eigenvalue weighted by Gasteiger charge is 2.03. The van der Waals surface area contributed by atoms with E-state index in [1.807, 2.05) is 66.7 Å². The van der Waals surface area contributed by atoms with Crippen molar-refractivity contribution >= 4 is 12.2 Å². The van der Waals surface area contributed by atoms with Gasteiger partial charge in [-0.2, -0.15) is 0 Å². The molecule has 0 atom stereocenters. The van der Waals surface area contributed by atoms with Gasteiger partial charge in [-0.1, -0.05) is 42.5 Å². The van der Waals surface area contributed by atoms with Crippen molar-refractivity contribution in [1.29, 1.82) is 0 Å². The molecule has 3 aromatic rings. The predicted molar refractivity (Wildman–Crippen MR) is 98.1 cm³/mol. The zero-order valence-electron chi connectivity index (χ0n) is 14.0. The molecule has 1 heterocycles. The third-order valence-corrected chi connectivity index (χ3v) is 3.70.